The van der Waals surface area contributed by atoms with Crippen LogP contribution >= 0.6 is 0 Å². The molecule has 0 spiro atoms. The number of rotatable bonds is 3. The van der Waals surface area contributed by atoms with Crippen LogP contribution in [0.15, 0.2) is 12.4 Å². The largest absolute Gasteiger partial charge is 0.475 e. The SMILES string of the molecule is Nc1nccnc1OCC1CCCCC1. The quantitative estimate of drug-likeness (QED) is 0.823. The molecule has 82 valence electrons. The van der Waals surface area contributed by atoms with Gasteiger partial charge in [-0.25, -0.2) is 9.97 Å². The van der Waals surface area contributed by atoms with Crippen LogP contribution in [0.25, 0.3) is 0 Å². The Morgan fingerprint density at radius 1 is 1.20 bits per heavy atom. The van der Waals surface area contributed by atoms with Crippen LogP contribution in [0.1, 0.15) is 32.1 Å². The molecule has 1 aromatic rings. The van der Waals surface area contributed by atoms with Gasteiger partial charge in [-0.15, -0.1) is 0 Å². The van der Waals surface area contributed by atoms with E-state index in [2.05, 4.69) is 9.97 Å². The zero-order valence-corrected chi connectivity index (χ0v) is 8.85. The smallest absolute Gasteiger partial charge is 0.257 e. The molecule has 0 radical (unpaired) electrons. The van der Waals surface area contributed by atoms with Crippen molar-refractivity contribution in [3.05, 3.63) is 12.4 Å². The van der Waals surface area contributed by atoms with E-state index in [0.717, 1.165) is 6.61 Å². The maximum Gasteiger partial charge on any atom is 0.257 e. The molecule has 1 heterocycles. The van der Waals surface area contributed by atoms with Gasteiger partial charge in [0.25, 0.3) is 5.88 Å². The van der Waals surface area contributed by atoms with Gasteiger partial charge in [0.05, 0.1) is 6.61 Å². The summed E-state index contributed by atoms with van der Waals surface area (Å²) in [7, 11) is 0. The first kappa shape index (κ1) is 10.2. The molecule has 0 atom stereocenters. The van der Waals surface area contributed by atoms with E-state index in [1.54, 1.807) is 12.4 Å². The zero-order chi connectivity index (χ0) is 10.5. The van der Waals surface area contributed by atoms with Crippen LogP contribution in [-0.4, -0.2) is 16.6 Å². The molecular formula is C11H17N3O. The third-order valence-electron chi connectivity index (χ3n) is 2.87. The summed E-state index contributed by atoms with van der Waals surface area (Å²) in [5.41, 5.74) is 5.64. The number of aromatic nitrogens is 2. The van der Waals surface area contributed by atoms with Crippen molar-refractivity contribution in [2.75, 3.05) is 12.3 Å². The first-order valence-electron chi connectivity index (χ1n) is 5.55. The molecule has 1 saturated carbocycles. The monoisotopic (exact) mass is 207 g/mol. The third kappa shape index (κ3) is 2.81. The van der Waals surface area contributed by atoms with Crippen molar-refractivity contribution < 1.29 is 4.74 Å². The molecular weight excluding hydrogens is 190 g/mol. The van der Waals surface area contributed by atoms with Gasteiger partial charge in [-0.2, -0.15) is 0 Å². The fourth-order valence-electron chi connectivity index (χ4n) is 2.00. The lowest BCUT2D eigenvalue weighted by Crippen LogP contribution is -2.16. The van der Waals surface area contributed by atoms with E-state index in [0.29, 0.717) is 17.6 Å². The average molecular weight is 207 g/mol. The van der Waals surface area contributed by atoms with Crippen molar-refractivity contribution >= 4 is 5.82 Å². The van der Waals surface area contributed by atoms with E-state index in [1.807, 2.05) is 0 Å². The summed E-state index contributed by atoms with van der Waals surface area (Å²) in [6, 6.07) is 0. The van der Waals surface area contributed by atoms with Gasteiger partial charge >= 0.3 is 0 Å². The minimum Gasteiger partial charge on any atom is -0.475 e. The van der Waals surface area contributed by atoms with Crippen LogP contribution in [0, 0.1) is 5.92 Å². The van der Waals surface area contributed by atoms with E-state index in [9.17, 15) is 0 Å². The van der Waals surface area contributed by atoms with Gasteiger partial charge in [0, 0.05) is 12.4 Å². The van der Waals surface area contributed by atoms with E-state index >= 15 is 0 Å². The highest BCUT2D eigenvalue weighted by molar-refractivity contribution is 5.38. The lowest BCUT2D eigenvalue weighted by atomic mass is 9.90. The average Bonchev–Trinajstić information content (AvgIpc) is 2.29. The molecule has 0 amide bonds. The van der Waals surface area contributed by atoms with Gasteiger partial charge in [-0.05, 0) is 18.8 Å². The molecule has 2 N–H and O–H groups in total. The van der Waals surface area contributed by atoms with Crippen LogP contribution in [0.5, 0.6) is 5.88 Å². The lowest BCUT2D eigenvalue weighted by Gasteiger charge is -2.21. The molecule has 15 heavy (non-hydrogen) atoms. The summed E-state index contributed by atoms with van der Waals surface area (Å²) in [4.78, 5) is 7.99. The fraction of sp³-hybridized carbons (Fsp3) is 0.636. The number of ether oxygens (including phenoxy) is 1. The van der Waals surface area contributed by atoms with Gasteiger partial charge in [0.1, 0.15) is 0 Å². The number of hydrogen-bond acceptors (Lipinski definition) is 4. The van der Waals surface area contributed by atoms with Gasteiger partial charge < -0.3 is 10.5 Å². The summed E-state index contributed by atoms with van der Waals surface area (Å²) < 4.78 is 5.58. The molecule has 0 bridgehead atoms. The Kier molecular flexibility index (Phi) is 3.37. The predicted octanol–water partition coefficient (Wildman–Crippen LogP) is 2.02. The maximum absolute atomic E-state index is 5.64. The Balaban J connectivity index is 1.84. The molecule has 0 unspecified atom stereocenters. The minimum atomic E-state index is 0.383. The van der Waals surface area contributed by atoms with Crippen molar-refractivity contribution in [3.63, 3.8) is 0 Å². The summed E-state index contributed by atoms with van der Waals surface area (Å²) in [6.45, 7) is 0.725. The second kappa shape index (κ2) is 4.96. The Hall–Kier alpha value is -1.32. The highest BCUT2D eigenvalue weighted by Crippen LogP contribution is 2.24. The predicted molar refractivity (Wildman–Crippen MR) is 58.5 cm³/mol. The van der Waals surface area contributed by atoms with Crippen molar-refractivity contribution in [1.29, 1.82) is 0 Å². The lowest BCUT2D eigenvalue weighted by molar-refractivity contribution is 0.203. The molecule has 1 aliphatic rings. The van der Waals surface area contributed by atoms with Gasteiger partial charge in [0.2, 0.25) is 0 Å². The van der Waals surface area contributed by atoms with Crippen LogP contribution < -0.4 is 10.5 Å². The Bertz CT molecular complexity index is 310. The Morgan fingerprint density at radius 3 is 2.67 bits per heavy atom. The zero-order valence-electron chi connectivity index (χ0n) is 8.85. The number of nitrogens with zero attached hydrogens (tertiary/aromatic N) is 2. The third-order valence-corrected chi connectivity index (χ3v) is 2.87. The number of nitrogens with two attached hydrogens (primary N) is 1. The maximum atomic E-state index is 5.64. The van der Waals surface area contributed by atoms with E-state index < -0.39 is 0 Å². The van der Waals surface area contributed by atoms with Crippen LogP contribution in [0.2, 0.25) is 0 Å². The normalized spacial score (nSPS) is 17.6. The van der Waals surface area contributed by atoms with Crippen molar-refractivity contribution in [2.24, 2.45) is 5.92 Å². The molecule has 4 nitrogen and oxygen atoms in total. The topological polar surface area (TPSA) is 61.0 Å². The first-order valence-corrected chi connectivity index (χ1v) is 5.55. The van der Waals surface area contributed by atoms with Gasteiger partial charge in [-0.1, -0.05) is 19.3 Å². The number of hydrogen-bond donors (Lipinski definition) is 1. The molecule has 2 rings (SSSR count). The van der Waals surface area contributed by atoms with Crippen LogP contribution in [0.4, 0.5) is 5.82 Å². The summed E-state index contributed by atoms with van der Waals surface area (Å²) in [6.07, 6.45) is 9.72. The van der Waals surface area contributed by atoms with E-state index in [-0.39, 0.29) is 0 Å². The highest BCUT2D eigenvalue weighted by Gasteiger charge is 2.14. The van der Waals surface area contributed by atoms with Crippen molar-refractivity contribution in [1.82, 2.24) is 9.97 Å². The first-order chi connectivity index (χ1) is 7.36. The minimum absolute atomic E-state index is 0.383. The molecule has 0 aliphatic heterocycles. The van der Waals surface area contributed by atoms with E-state index in [1.165, 1.54) is 32.1 Å². The van der Waals surface area contributed by atoms with Crippen LogP contribution in [0.3, 0.4) is 0 Å². The number of nitrogen functional groups attached to an aromatic ring is 1. The van der Waals surface area contributed by atoms with E-state index in [4.69, 9.17) is 10.5 Å². The fourth-order valence-corrected chi connectivity index (χ4v) is 2.00. The second-order valence-electron chi connectivity index (χ2n) is 4.06. The summed E-state index contributed by atoms with van der Waals surface area (Å²) in [5, 5.41) is 0. The second-order valence-corrected chi connectivity index (χ2v) is 4.06. The summed E-state index contributed by atoms with van der Waals surface area (Å²) in [5.74, 6) is 1.52. The molecule has 1 fully saturated rings. The molecule has 1 aliphatic carbocycles. The standard InChI is InChI=1S/C11H17N3O/c12-10-11(14-7-6-13-10)15-8-9-4-2-1-3-5-9/h6-7,9H,1-5,8H2,(H2,12,13). The molecule has 4 heteroatoms. The molecule has 0 saturated heterocycles. The number of anilines is 1. The van der Waals surface area contributed by atoms with Gasteiger partial charge in [-0.3, -0.25) is 0 Å². The Labute approximate surface area is 89.9 Å². The van der Waals surface area contributed by atoms with Crippen LogP contribution in [-0.2, 0) is 0 Å². The van der Waals surface area contributed by atoms with Crippen molar-refractivity contribution in [3.8, 4) is 5.88 Å². The Morgan fingerprint density at radius 2 is 1.93 bits per heavy atom. The summed E-state index contributed by atoms with van der Waals surface area (Å²) >= 11 is 0. The molecule has 1 aromatic heterocycles. The van der Waals surface area contributed by atoms with Gasteiger partial charge in [0.15, 0.2) is 5.82 Å². The molecule has 0 aromatic carbocycles. The highest BCUT2D eigenvalue weighted by atomic mass is 16.5. The van der Waals surface area contributed by atoms with Crippen molar-refractivity contribution in [2.45, 2.75) is 32.1 Å².